The van der Waals surface area contributed by atoms with E-state index in [0.29, 0.717) is 18.1 Å². The summed E-state index contributed by atoms with van der Waals surface area (Å²) in [5, 5.41) is 0.607. The number of hydrogen-bond acceptors (Lipinski definition) is 3. The van der Waals surface area contributed by atoms with Crippen molar-refractivity contribution in [3.63, 3.8) is 0 Å². The summed E-state index contributed by atoms with van der Waals surface area (Å²) >= 11 is 11.8. The van der Waals surface area contributed by atoms with Crippen LogP contribution in [0.3, 0.4) is 0 Å². The predicted octanol–water partition coefficient (Wildman–Crippen LogP) is 3.54. The molecule has 2 aromatic carbocycles. The first-order valence-corrected chi connectivity index (χ1v) is 10.4. The van der Waals surface area contributed by atoms with Gasteiger partial charge in [-0.15, -0.1) is 0 Å². The van der Waals surface area contributed by atoms with E-state index in [0.717, 1.165) is 26.1 Å². The molecule has 25 heavy (non-hydrogen) atoms. The van der Waals surface area contributed by atoms with E-state index in [2.05, 4.69) is 17.0 Å². The number of hydrogen-bond donors (Lipinski definition) is 0. The van der Waals surface area contributed by atoms with E-state index in [-0.39, 0.29) is 9.92 Å². The SMILES string of the molecule is O=S(=O)(c1ccc(Cl)c(Cl)c1)N1CCN(CCc2ccccc2)CC1. The molecule has 1 saturated heterocycles. The molecule has 0 bridgehead atoms. The van der Waals surface area contributed by atoms with Crippen molar-refractivity contribution >= 4 is 33.2 Å². The van der Waals surface area contributed by atoms with E-state index in [1.807, 2.05) is 18.2 Å². The Labute approximate surface area is 159 Å². The second-order valence-corrected chi connectivity index (χ2v) is 8.81. The van der Waals surface area contributed by atoms with Crippen molar-refractivity contribution in [2.75, 3.05) is 32.7 Å². The van der Waals surface area contributed by atoms with Crippen LogP contribution in [-0.2, 0) is 16.4 Å². The molecular weight excluding hydrogens is 379 g/mol. The van der Waals surface area contributed by atoms with Crippen LogP contribution < -0.4 is 0 Å². The van der Waals surface area contributed by atoms with Crippen LogP contribution in [0.2, 0.25) is 10.0 Å². The Morgan fingerprint density at radius 1 is 0.880 bits per heavy atom. The van der Waals surface area contributed by atoms with Crippen LogP contribution in [0.15, 0.2) is 53.4 Å². The molecule has 0 aromatic heterocycles. The Morgan fingerprint density at radius 3 is 2.20 bits per heavy atom. The van der Waals surface area contributed by atoms with Crippen LogP contribution in [-0.4, -0.2) is 50.3 Å². The van der Waals surface area contributed by atoms with Crippen molar-refractivity contribution in [1.82, 2.24) is 9.21 Å². The van der Waals surface area contributed by atoms with Gasteiger partial charge in [-0.2, -0.15) is 4.31 Å². The molecule has 0 radical (unpaired) electrons. The molecule has 4 nitrogen and oxygen atoms in total. The number of benzene rings is 2. The van der Waals surface area contributed by atoms with Gasteiger partial charge in [0.1, 0.15) is 0 Å². The number of rotatable bonds is 5. The van der Waals surface area contributed by atoms with Gasteiger partial charge in [-0.25, -0.2) is 8.42 Å². The van der Waals surface area contributed by atoms with Crippen LogP contribution in [0.1, 0.15) is 5.56 Å². The van der Waals surface area contributed by atoms with Crippen molar-refractivity contribution < 1.29 is 8.42 Å². The zero-order chi connectivity index (χ0) is 17.9. The molecule has 0 amide bonds. The molecule has 0 aliphatic carbocycles. The maximum absolute atomic E-state index is 12.7. The van der Waals surface area contributed by atoms with Crippen LogP contribution in [0.4, 0.5) is 0 Å². The third-order valence-corrected chi connectivity index (χ3v) is 7.05. The average molecular weight is 399 g/mol. The summed E-state index contributed by atoms with van der Waals surface area (Å²) in [7, 11) is -3.53. The number of sulfonamides is 1. The summed E-state index contributed by atoms with van der Waals surface area (Å²) in [6, 6.07) is 14.8. The highest BCUT2D eigenvalue weighted by atomic mass is 35.5. The molecule has 0 spiro atoms. The van der Waals surface area contributed by atoms with Gasteiger partial charge in [0.05, 0.1) is 14.9 Å². The molecule has 7 heteroatoms. The van der Waals surface area contributed by atoms with Crippen LogP contribution >= 0.6 is 23.2 Å². The summed E-state index contributed by atoms with van der Waals surface area (Å²) in [6.45, 7) is 3.36. The molecule has 1 fully saturated rings. The third-order valence-electron chi connectivity index (χ3n) is 4.42. The van der Waals surface area contributed by atoms with Gasteiger partial charge in [-0.1, -0.05) is 53.5 Å². The summed E-state index contributed by atoms with van der Waals surface area (Å²) in [6.07, 6.45) is 0.973. The zero-order valence-corrected chi connectivity index (χ0v) is 16.1. The van der Waals surface area contributed by atoms with Gasteiger partial charge in [0.2, 0.25) is 10.0 Å². The highest BCUT2D eigenvalue weighted by Crippen LogP contribution is 2.27. The molecular formula is C18H20Cl2N2O2S. The predicted molar refractivity (Wildman–Crippen MR) is 102 cm³/mol. The van der Waals surface area contributed by atoms with Gasteiger partial charge in [0, 0.05) is 32.7 Å². The standard InChI is InChI=1S/C18H20Cl2N2O2S/c19-17-7-6-16(14-18(17)20)25(23,24)22-12-10-21(11-13-22)9-8-15-4-2-1-3-5-15/h1-7,14H,8-13H2. The van der Waals surface area contributed by atoms with Gasteiger partial charge < -0.3 is 4.90 Å². The fourth-order valence-electron chi connectivity index (χ4n) is 2.91. The molecule has 2 aromatic rings. The minimum atomic E-state index is -3.53. The van der Waals surface area contributed by atoms with Crippen LogP contribution in [0.25, 0.3) is 0 Å². The normalized spacial score (nSPS) is 16.9. The lowest BCUT2D eigenvalue weighted by molar-refractivity contribution is 0.190. The Morgan fingerprint density at radius 2 is 1.56 bits per heavy atom. The third kappa shape index (κ3) is 4.54. The molecule has 0 saturated carbocycles. The topological polar surface area (TPSA) is 40.6 Å². The number of piperazine rings is 1. The Kier molecular flexibility index (Phi) is 6.02. The maximum atomic E-state index is 12.7. The molecule has 3 rings (SSSR count). The first kappa shape index (κ1) is 18.7. The largest absolute Gasteiger partial charge is 0.300 e. The van der Waals surface area contributed by atoms with Crippen molar-refractivity contribution in [1.29, 1.82) is 0 Å². The number of halogens is 2. The highest BCUT2D eigenvalue weighted by molar-refractivity contribution is 7.89. The van der Waals surface area contributed by atoms with Gasteiger partial charge >= 0.3 is 0 Å². The number of nitrogens with zero attached hydrogens (tertiary/aromatic N) is 2. The van der Waals surface area contributed by atoms with Crippen molar-refractivity contribution in [2.45, 2.75) is 11.3 Å². The summed E-state index contributed by atoms with van der Waals surface area (Å²) in [5.74, 6) is 0. The van der Waals surface area contributed by atoms with Crippen molar-refractivity contribution in [2.24, 2.45) is 0 Å². The second-order valence-electron chi connectivity index (χ2n) is 6.06. The van der Waals surface area contributed by atoms with E-state index in [9.17, 15) is 8.42 Å². The van der Waals surface area contributed by atoms with Crippen molar-refractivity contribution in [3.05, 3.63) is 64.1 Å². The Hall–Kier alpha value is -1.11. The van der Waals surface area contributed by atoms with E-state index < -0.39 is 10.0 Å². The first-order valence-electron chi connectivity index (χ1n) is 8.18. The van der Waals surface area contributed by atoms with Gasteiger partial charge in [-0.05, 0) is 30.2 Å². The molecule has 0 N–H and O–H groups in total. The average Bonchev–Trinajstić information content (AvgIpc) is 2.63. The van der Waals surface area contributed by atoms with E-state index in [1.165, 1.54) is 28.1 Å². The molecule has 0 unspecified atom stereocenters. The maximum Gasteiger partial charge on any atom is 0.243 e. The molecule has 1 aliphatic heterocycles. The highest BCUT2D eigenvalue weighted by Gasteiger charge is 2.28. The molecule has 1 heterocycles. The molecule has 134 valence electrons. The quantitative estimate of drug-likeness (QED) is 0.772. The summed E-state index contributed by atoms with van der Waals surface area (Å²) < 4.78 is 27.0. The van der Waals surface area contributed by atoms with Gasteiger partial charge in [0.25, 0.3) is 0 Å². The summed E-state index contributed by atoms with van der Waals surface area (Å²) in [5.41, 5.74) is 1.30. The van der Waals surface area contributed by atoms with Gasteiger partial charge in [-0.3, -0.25) is 0 Å². The van der Waals surface area contributed by atoms with Crippen LogP contribution in [0, 0.1) is 0 Å². The fraction of sp³-hybridized carbons (Fsp3) is 0.333. The van der Waals surface area contributed by atoms with Gasteiger partial charge in [0.15, 0.2) is 0 Å². The molecule has 1 aliphatic rings. The van der Waals surface area contributed by atoms with E-state index in [4.69, 9.17) is 23.2 Å². The minimum Gasteiger partial charge on any atom is -0.300 e. The lowest BCUT2D eigenvalue weighted by atomic mass is 10.1. The van der Waals surface area contributed by atoms with E-state index >= 15 is 0 Å². The lowest BCUT2D eigenvalue weighted by Crippen LogP contribution is -2.48. The van der Waals surface area contributed by atoms with Crippen molar-refractivity contribution in [3.8, 4) is 0 Å². The Bertz CT molecular complexity index is 820. The smallest absolute Gasteiger partial charge is 0.243 e. The minimum absolute atomic E-state index is 0.194. The zero-order valence-electron chi connectivity index (χ0n) is 13.7. The second kappa shape index (κ2) is 8.06. The summed E-state index contributed by atoms with van der Waals surface area (Å²) in [4.78, 5) is 2.49. The van der Waals surface area contributed by atoms with E-state index in [1.54, 1.807) is 0 Å². The fourth-order valence-corrected chi connectivity index (χ4v) is 4.72. The monoisotopic (exact) mass is 398 g/mol. The Balaban J connectivity index is 1.58. The lowest BCUT2D eigenvalue weighted by Gasteiger charge is -2.34. The molecule has 0 atom stereocenters. The first-order chi connectivity index (χ1) is 12.0. The van der Waals surface area contributed by atoms with Crippen LogP contribution in [0.5, 0.6) is 0 Å².